The van der Waals surface area contributed by atoms with E-state index in [1.54, 1.807) is 0 Å². The van der Waals surface area contributed by atoms with Gasteiger partial charge in [-0.2, -0.15) is 0 Å². The summed E-state index contributed by atoms with van der Waals surface area (Å²) in [4.78, 5) is 16.1. The van der Waals surface area contributed by atoms with Gasteiger partial charge < -0.3 is 20.6 Å². The fourth-order valence-electron chi connectivity index (χ4n) is 4.19. The molecule has 0 saturated carbocycles. The largest absolute Gasteiger partial charge is 0.382 e. The van der Waals surface area contributed by atoms with Gasteiger partial charge in [0.1, 0.15) is 5.82 Å². The summed E-state index contributed by atoms with van der Waals surface area (Å²) in [5, 5.41) is 6.76. The quantitative estimate of drug-likeness (QED) is 0.282. The number of H-pyrrole nitrogens is 2. The highest BCUT2D eigenvalue weighted by atomic mass is 15.0. The van der Waals surface area contributed by atoms with Crippen LogP contribution in [0.4, 0.5) is 0 Å². The molecule has 33 heavy (non-hydrogen) atoms. The number of hydrogen-bond acceptors (Lipinski definition) is 4. The maximum absolute atomic E-state index is 4.83. The van der Waals surface area contributed by atoms with Crippen LogP contribution >= 0.6 is 0 Å². The van der Waals surface area contributed by atoms with Gasteiger partial charge in [0.25, 0.3) is 0 Å². The zero-order valence-electron chi connectivity index (χ0n) is 19.2. The van der Waals surface area contributed by atoms with E-state index in [4.69, 9.17) is 4.98 Å². The second kappa shape index (κ2) is 9.46. The molecule has 0 saturated heterocycles. The minimum Gasteiger partial charge on any atom is -0.382 e. The first-order chi connectivity index (χ1) is 16.2. The second-order valence-corrected chi connectivity index (χ2v) is 8.47. The van der Waals surface area contributed by atoms with Crippen LogP contribution in [0.1, 0.15) is 37.1 Å². The molecule has 4 aromatic rings. The average Bonchev–Trinajstić information content (AvgIpc) is 3.61. The molecule has 1 aliphatic heterocycles. The SMILES string of the molecule is CCCNCc1ncc(-c2ccc(-c3ccc(-c4nc(C5=CCCN5)[nH]c4C)cc3)cc2)[nH]1. The number of rotatable bonds is 8. The molecule has 2 aromatic carbocycles. The molecule has 2 aromatic heterocycles. The minimum atomic E-state index is 0.767. The Morgan fingerprint density at radius 1 is 0.909 bits per heavy atom. The average molecular weight is 439 g/mol. The lowest BCUT2D eigenvalue weighted by Gasteiger charge is -2.05. The molecule has 0 spiro atoms. The van der Waals surface area contributed by atoms with Gasteiger partial charge in [-0.05, 0) is 43.0 Å². The molecule has 6 nitrogen and oxygen atoms in total. The summed E-state index contributed by atoms with van der Waals surface area (Å²) in [5.41, 5.74) is 8.87. The van der Waals surface area contributed by atoms with Crippen molar-refractivity contribution in [3.8, 4) is 33.6 Å². The molecule has 3 heterocycles. The van der Waals surface area contributed by atoms with E-state index in [2.05, 4.69) is 94.0 Å². The molecule has 5 rings (SSSR count). The van der Waals surface area contributed by atoms with Crippen LogP contribution in [-0.2, 0) is 6.54 Å². The van der Waals surface area contributed by atoms with Gasteiger partial charge in [-0.15, -0.1) is 0 Å². The number of nitrogens with one attached hydrogen (secondary N) is 4. The zero-order chi connectivity index (χ0) is 22.6. The third-order valence-corrected chi connectivity index (χ3v) is 5.98. The summed E-state index contributed by atoms with van der Waals surface area (Å²) in [6.45, 7) is 6.99. The van der Waals surface area contributed by atoms with Crippen molar-refractivity contribution in [1.29, 1.82) is 0 Å². The summed E-state index contributed by atoms with van der Waals surface area (Å²) >= 11 is 0. The van der Waals surface area contributed by atoms with Crippen LogP contribution in [0.5, 0.6) is 0 Å². The molecule has 0 radical (unpaired) electrons. The number of hydrogen-bond donors (Lipinski definition) is 4. The van der Waals surface area contributed by atoms with E-state index in [9.17, 15) is 0 Å². The van der Waals surface area contributed by atoms with Crippen molar-refractivity contribution in [2.45, 2.75) is 33.2 Å². The number of imidazole rings is 2. The van der Waals surface area contributed by atoms with E-state index < -0.39 is 0 Å². The van der Waals surface area contributed by atoms with Crippen molar-refractivity contribution in [3.63, 3.8) is 0 Å². The molecule has 0 unspecified atom stereocenters. The molecule has 0 aliphatic carbocycles. The van der Waals surface area contributed by atoms with Crippen LogP contribution in [0.3, 0.4) is 0 Å². The molecule has 0 bridgehead atoms. The summed E-state index contributed by atoms with van der Waals surface area (Å²) < 4.78 is 0. The van der Waals surface area contributed by atoms with Crippen molar-refractivity contribution in [3.05, 3.63) is 78.1 Å². The minimum absolute atomic E-state index is 0.767. The Labute approximate surface area is 194 Å². The zero-order valence-corrected chi connectivity index (χ0v) is 19.2. The predicted octanol–water partition coefficient (Wildman–Crippen LogP) is 5.28. The van der Waals surface area contributed by atoms with Crippen molar-refractivity contribution in [2.75, 3.05) is 13.1 Å². The highest BCUT2D eigenvalue weighted by Gasteiger charge is 2.14. The molecule has 0 fully saturated rings. The van der Waals surface area contributed by atoms with Gasteiger partial charge in [0, 0.05) is 17.8 Å². The molecule has 0 amide bonds. The van der Waals surface area contributed by atoms with Gasteiger partial charge in [-0.3, -0.25) is 0 Å². The molecular weight excluding hydrogens is 408 g/mol. The Morgan fingerprint density at radius 2 is 1.61 bits per heavy atom. The van der Waals surface area contributed by atoms with Crippen LogP contribution in [0.15, 0.2) is 60.8 Å². The van der Waals surface area contributed by atoms with Crippen molar-refractivity contribution >= 4 is 5.70 Å². The third-order valence-electron chi connectivity index (χ3n) is 5.98. The van der Waals surface area contributed by atoms with Gasteiger partial charge in [-0.1, -0.05) is 61.5 Å². The van der Waals surface area contributed by atoms with E-state index in [-0.39, 0.29) is 0 Å². The number of nitrogens with zero attached hydrogens (tertiary/aromatic N) is 2. The van der Waals surface area contributed by atoms with Crippen molar-refractivity contribution < 1.29 is 0 Å². The first-order valence-corrected chi connectivity index (χ1v) is 11.7. The van der Waals surface area contributed by atoms with Gasteiger partial charge in [-0.25, -0.2) is 9.97 Å². The van der Waals surface area contributed by atoms with Gasteiger partial charge in [0.05, 0.1) is 29.8 Å². The smallest absolute Gasteiger partial charge is 0.154 e. The maximum atomic E-state index is 4.83. The summed E-state index contributed by atoms with van der Waals surface area (Å²) in [6.07, 6.45) is 6.27. The van der Waals surface area contributed by atoms with Gasteiger partial charge >= 0.3 is 0 Å². The third kappa shape index (κ3) is 4.61. The van der Waals surface area contributed by atoms with Crippen LogP contribution in [-0.4, -0.2) is 33.0 Å². The topological polar surface area (TPSA) is 81.4 Å². The van der Waals surface area contributed by atoms with Crippen LogP contribution in [0.25, 0.3) is 39.3 Å². The Hall–Kier alpha value is -3.64. The highest BCUT2D eigenvalue weighted by Crippen LogP contribution is 2.28. The molecular formula is C27H30N6. The van der Waals surface area contributed by atoms with E-state index in [1.165, 1.54) is 11.1 Å². The monoisotopic (exact) mass is 438 g/mol. The lowest BCUT2D eigenvalue weighted by Crippen LogP contribution is -2.14. The number of aromatic nitrogens is 4. The standard InChI is InChI=1S/C27H30N6/c1-3-14-28-17-25-30-16-24(32-25)21-10-6-19(7-11-21)20-8-12-22(13-9-20)26-18(2)31-27(33-26)23-5-4-15-29-23/h5-13,16,28-29H,3-4,14-15,17H2,1-2H3,(H,30,32)(H,31,33). The summed E-state index contributed by atoms with van der Waals surface area (Å²) in [5.74, 6) is 1.89. The van der Waals surface area contributed by atoms with E-state index in [1.807, 2.05) is 6.20 Å². The lowest BCUT2D eigenvalue weighted by atomic mass is 10.0. The fourth-order valence-corrected chi connectivity index (χ4v) is 4.19. The second-order valence-electron chi connectivity index (χ2n) is 8.47. The number of aryl methyl sites for hydroxylation is 1. The number of aromatic amines is 2. The predicted molar refractivity (Wildman–Crippen MR) is 134 cm³/mol. The fraction of sp³-hybridized carbons (Fsp3) is 0.259. The van der Waals surface area contributed by atoms with Crippen molar-refractivity contribution in [1.82, 2.24) is 30.6 Å². The highest BCUT2D eigenvalue weighted by molar-refractivity contribution is 5.73. The molecule has 168 valence electrons. The Bertz CT molecular complexity index is 1240. The number of benzene rings is 2. The van der Waals surface area contributed by atoms with E-state index in [0.29, 0.717) is 0 Å². The van der Waals surface area contributed by atoms with Crippen molar-refractivity contribution in [2.24, 2.45) is 0 Å². The lowest BCUT2D eigenvalue weighted by molar-refractivity contribution is 0.655. The Balaban J connectivity index is 1.30. The molecule has 1 aliphatic rings. The van der Waals surface area contributed by atoms with Crippen LogP contribution in [0, 0.1) is 6.92 Å². The van der Waals surface area contributed by atoms with Gasteiger partial charge in [0.15, 0.2) is 5.82 Å². The normalized spacial score (nSPS) is 13.2. The van der Waals surface area contributed by atoms with E-state index in [0.717, 1.165) is 78.0 Å². The van der Waals surface area contributed by atoms with Crippen LogP contribution < -0.4 is 10.6 Å². The van der Waals surface area contributed by atoms with Crippen LogP contribution in [0.2, 0.25) is 0 Å². The summed E-state index contributed by atoms with van der Waals surface area (Å²) in [6, 6.07) is 17.2. The Kier molecular flexibility index (Phi) is 6.09. The maximum Gasteiger partial charge on any atom is 0.154 e. The summed E-state index contributed by atoms with van der Waals surface area (Å²) in [7, 11) is 0. The first kappa shape index (κ1) is 21.2. The van der Waals surface area contributed by atoms with Gasteiger partial charge in [0.2, 0.25) is 0 Å². The molecule has 0 atom stereocenters. The first-order valence-electron chi connectivity index (χ1n) is 11.7. The molecule has 4 N–H and O–H groups in total. The van der Waals surface area contributed by atoms with E-state index >= 15 is 0 Å². The molecule has 6 heteroatoms. The Morgan fingerprint density at radius 3 is 2.27 bits per heavy atom.